The topological polar surface area (TPSA) is 60.3 Å². The number of allylic oxidation sites excluding steroid dienone is 3. The van der Waals surface area contributed by atoms with Crippen molar-refractivity contribution in [1.29, 1.82) is 0 Å². The number of ether oxygens (including phenoxy) is 1. The highest BCUT2D eigenvalue weighted by Gasteiger charge is 2.20. The smallest absolute Gasteiger partial charge is 0.252 e. The van der Waals surface area contributed by atoms with Crippen LogP contribution >= 0.6 is 0 Å². The van der Waals surface area contributed by atoms with E-state index in [2.05, 4.69) is 23.7 Å². The van der Waals surface area contributed by atoms with Crippen molar-refractivity contribution in [2.24, 2.45) is 0 Å². The molecule has 0 spiro atoms. The summed E-state index contributed by atoms with van der Waals surface area (Å²) in [6.07, 6.45) is 4.41. The molecule has 1 aliphatic rings. The van der Waals surface area contributed by atoms with Crippen LogP contribution in [0.4, 0.5) is 0 Å². The number of amides is 1. The van der Waals surface area contributed by atoms with E-state index in [0.29, 0.717) is 17.6 Å². The van der Waals surface area contributed by atoms with Gasteiger partial charge in [0.05, 0.1) is 12.6 Å². The summed E-state index contributed by atoms with van der Waals surface area (Å²) >= 11 is 0. The first-order valence-electron chi connectivity index (χ1n) is 9.19. The van der Waals surface area contributed by atoms with Gasteiger partial charge in [0.2, 0.25) is 0 Å². The van der Waals surface area contributed by atoms with Gasteiger partial charge in [0.25, 0.3) is 5.91 Å². The zero-order valence-electron chi connectivity index (χ0n) is 16.6. The minimum absolute atomic E-state index is 0.0821. The first-order chi connectivity index (χ1) is 12.8. The molecule has 0 bridgehead atoms. The molecule has 0 fully saturated rings. The Morgan fingerprint density at radius 3 is 2.63 bits per heavy atom. The van der Waals surface area contributed by atoms with E-state index in [-0.39, 0.29) is 24.3 Å². The average Bonchev–Trinajstić information content (AvgIpc) is 3.05. The fraction of sp³-hybridized carbons (Fsp3) is 0.364. The first kappa shape index (κ1) is 19.0. The van der Waals surface area contributed by atoms with Gasteiger partial charge in [0, 0.05) is 41.7 Å². The number of nitrogens with zero attached hydrogens (tertiary/aromatic N) is 1. The lowest BCUT2D eigenvalue weighted by molar-refractivity contribution is -0.115. The molecule has 2 aromatic rings. The Bertz CT molecular complexity index is 977. The summed E-state index contributed by atoms with van der Waals surface area (Å²) in [5.74, 6) is 0.629. The van der Waals surface area contributed by atoms with Gasteiger partial charge < -0.3 is 14.6 Å². The summed E-state index contributed by atoms with van der Waals surface area (Å²) in [5, 5.41) is 3.76. The van der Waals surface area contributed by atoms with Gasteiger partial charge in [0.15, 0.2) is 5.78 Å². The second kappa shape index (κ2) is 7.43. The van der Waals surface area contributed by atoms with Crippen molar-refractivity contribution in [2.75, 3.05) is 13.7 Å². The van der Waals surface area contributed by atoms with Crippen LogP contribution < -0.4 is 10.1 Å². The van der Waals surface area contributed by atoms with Gasteiger partial charge in [-0.15, -0.1) is 0 Å². The molecule has 1 amide bonds. The van der Waals surface area contributed by atoms with Gasteiger partial charge in [0.1, 0.15) is 5.75 Å². The Kier molecular flexibility index (Phi) is 5.22. The average molecular weight is 366 g/mol. The molecular formula is C22H26N2O3. The Morgan fingerprint density at radius 2 is 2.00 bits per heavy atom. The highest BCUT2D eigenvalue weighted by Crippen LogP contribution is 2.32. The summed E-state index contributed by atoms with van der Waals surface area (Å²) in [7, 11) is 1.63. The number of Topliss-reactive ketones (excluding diaryl/α,β-unsaturated/α-hetero) is 1. The van der Waals surface area contributed by atoms with Crippen molar-refractivity contribution in [2.45, 2.75) is 40.2 Å². The molecule has 1 aromatic heterocycles. The molecule has 0 saturated carbocycles. The maximum atomic E-state index is 12.8. The molecule has 1 N–H and O–H groups in total. The van der Waals surface area contributed by atoms with Crippen LogP contribution in [-0.2, 0) is 4.79 Å². The van der Waals surface area contributed by atoms with E-state index in [1.54, 1.807) is 13.2 Å². The first-order valence-corrected chi connectivity index (χ1v) is 9.19. The number of methoxy groups -OCH3 is 1. The highest BCUT2D eigenvalue weighted by atomic mass is 16.5. The fourth-order valence-electron chi connectivity index (χ4n) is 3.63. The molecule has 0 atom stereocenters. The van der Waals surface area contributed by atoms with Gasteiger partial charge >= 0.3 is 0 Å². The lowest BCUT2D eigenvalue weighted by Crippen LogP contribution is -2.29. The standard InChI is InChI=1S/C22H26N2O3/c1-13(2)24-9-8-16-17(6-7-20(27-5)21(16)24)22(26)23-12-18-15(4)10-14(3)11-19(18)25/h6-10,13H,11-12H2,1-5H3,(H,23,26). The largest absolute Gasteiger partial charge is 0.495 e. The van der Waals surface area contributed by atoms with Crippen molar-refractivity contribution in [1.82, 2.24) is 9.88 Å². The zero-order valence-corrected chi connectivity index (χ0v) is 16.6. The minimum Gasteiger partial charge on any atom is -0.495 e. The predicted molar refractivity (Wildman–Crippen MR) is 107 cm³/mol. The molecular weight excluding hydrogens is 340 g/mol. The molecule has 3 rings (SSSR count). The highest BCUT2D eigenvalue weighted by molar-refractivity contribution is 6.09. The third-order valence-corrected chi connectivity index (χ3v) is 5.00. The van der Waals surface area contributed by atoms with Crippen LogP contribution in [0.15, 0.2) is 47.2 Å². The van der Waals surface area contributed by atoms with E-state index in [4.69, 9.17) is 4.74 Å². The SMILES string of the molecule is COc1ccc(C(=O)NCC2=C(C)C=C(C)CC2=O)c2ccn(C(C)C)c12. The van der Waals surface area contributed by atoms with Crippen LogP contribution in [0.25, 0.3) is 10.9 Å². The van der Waals surface area contributed by atoms with Crippen LogP contribution in [0.2, 0.25) is 0 Å². The second-order valence-electron chi connectivity index (χ2n) is 7.33. The fourth-order valence-corrected chi connectivity index (χ4v) is 3.63. The maximum Gasteiger partial charge on any atom is 0.252 e. The van der Waals surface area contributed by atoms with E-state index < -0.39 is 0 Å². The van der Waals surface area contributed by atoms with Crippen LogP contribution in [0.5, 0.6) is 5.75 Å². The monoisotopic (exact) mass is 366 g/mol. The number of hydrogen-bond acceptors (Lipinski definition) is 3. The molecule has 27 heavy (non-hydrogen) atoms. The number of hydrogen-bond donors (Lipinski definition) is 1. The number of ketones is 1. The van der Waals surface area contributed by atoms with Crippen molar-refractivity contribution in [3.05, 3.63) is 52.8 Å². The molecule has 1 aliphatic carbocycles. The number of aromatic nitrogens is 1. The molecule has 0 aliphatic heterocycles. The summed E-state index contributed by atoms with van der Waals surface area (Å²) in [5.41, 5.74) is 4.15. The molecule has 1 aromatic carbocycles. The minimum atomic E-state index is -0.191. The lowest BCUT2D eigenvalue weighted by atomic mass is 9.92. The van der Waals surface area contributed by atoms with E-state index in [9.17, 15) is 9.59 Å². The van der Waals surface area contributed by atoms with E-state index in [1.165, 1.54) is 0 Å². The Labute approximate surface area is 159 Å². The lowest BCUT2D eigenvalue weighted by Gasteiger charge is -2.17. The third-order valence-electron chi connectivity index (χ3n) is 5.00. The van der Waals surface area contributed by atoms with Gasteiger partial charge in [-0.1, -0.05) is 11.6 Å². The van der Waals surface area contributed by atoms with E-state index >= 15 is 0 Å². The molecule has 0 saturated heterocycles. The summed E-state index contributed by atoms with van der Waals surface area (Å²) in [6.45, 7) is 8.28. The number of carbonyl (C=O) groups excluding carboxylic acids is 2. The van der Waals surface area contributed by atoms with Crippen molar-refractivity contribution >= 4 is 22.6 Å². The van der Waals surface area contributed by atoms with Crippen LogP contribution in [0.3, 0.4) is 0 Å². The number of rotatable bonds is 5. The number of nitrogens with one attached hydrogen (secondary N) is 1. The molecule has 0 radical (unpaired) electrons. The molecule has 5 nitrogen and oxygen atoms in total. The van der Waals surface area contributed by atoms with E-state index in [1.807, 2.05) is 38.3 Å². The molecule has 0 unspecified atom stereocenters. The zero-order chi connectivity index (χ0) is 19.7. The van der Waals surface area contributed by atoms with Gasteiger partial charge in [-0.3, -0.25) is 9.59 Å². The molecule has 5 heteroatoms. The van der Waals surface area contributed by atoms with Crippen molar-refractivity contribution < 1.29 is 14.3 Å². The number of fused-ring (bicyclic) bond motifs is 1. The van der Waals surface area contributed by atoms with Crippen molar-refractivity contribution in [3.8, 4) is 5.75 Å². The Hall–Kier alpha value is -2.82. The van der Waals surface area contributed by atoms with Crippen LogP contribution in [0, 0.1) is 0 Å². The van der Waals surface area contributed by atoms with Crippen molar-refractivity contribution in [3.63, 3.8) is 0 Å². The van der Waals surface area contributed by atoms with Crippen LogP contribution in [-0.4, -0.2) is 29.9 Å². The number of benzene rings is 1. The normalized spacial score (nSPS) is 14.7. The van der Waals surface area contributed by atoms with Gasteiger partial charge in [-0.05, 0) is 51.5 Å². The van der Waals surface area contributed by atoms with Gasteiger partial charge in [-0.25, -0.2) is 0 Å². The molecule has 1 heterocycles. The maximum absolute atomic E-state index is 12.8. The quantitative estimate of drug-likeness (QED) is 0.863. The van der Waals surface area contributed by atoms with Crippen LogP contribution in [0.1, 0.15) is 50.5 Å². The number of carbonyl (C=O) groups is 2. The molecule has 142 valence electrons. The van der Waals surface area contributed by atoms with E-state index in [0.717, 1.165) is 27.8 Å². The predicted octanol–water partition coefficient (Wildman–Crippen LogP) is 4.20. The van der Waals surface area contributed by atoms with Gasteiger partial charge in [-0.2, -0.15) is 0 Å². The third kappa shape index (κ3) is 3.54. The summed E-state index contributed by atoms with van der Waals surface area (Å²) in [4.78, 5) is 25.1. The summed E-state index contributed by atoms with van der Waals surface area (Å²) in [6, 6.07) is 5.78. The Morgan fingerprint density at radius 1 is 1.26 bits per heavy atom. The Balaban J connectivity index is 1.91. The second-order valence-corrected chi connectivity index (χ2v) is 7.33. The summed E-state index contributed by atoms with van der Waals surface area (Å²) < 4.78 is 7.59.